The number of aryl methyl sites for hydroxylation is 2. The maximum absolute atomic E-state index is 14.1. The molecule has 4 aromatic rings. The molecule has 2 aliphatic rings. The van der Waals surface area contributed by atoms with Gasteiger partial charge in [-0.25, -0.2) is 0 Å². The first-order valence-corrected chi connectivity index (χ1v) is 14.6. The molecule has 8 nitrogen and oxygen atoms in total. The first-order chi connectivity index (χ1) is 20.4. The first kappa shape index (κ1) is 27.7. The van der Waals surface area contributed by atoms with Crippen molar-refractivity contribution in [2.45, 2.75) is 59.5 Å². The first-order valence-electron chi connectivity index (χ1n) is 14.6. The number of carbonyl (C=O) groups excluding carboxylic acids is 1. The van der Waals surface area contributed by atoms with Crippen LogP contribution in [0.5, 0.6) is 23.0 Å². The van der Waals surface area contributed by atoms with Gasteiger partial charge in [0, 0.05) is 6.54 Å². The fourth-order valence-electron chi connectivity index (χ4n) is 5.64. The van der Waals surface area contributed by atoms with Crippen LogP contribution in [-0.2, 0) is 6.54 Å². The molecule has 0 bridgehead atoms. The Morgan fingerprint density at radius 3 is 2.50 bits per heavy atom. The molecule has 1 atom stereocenters. The van der Waals surface area contributed by atoms with Crippen LogP contribution in [0.25, 0.3) is 11.0 Å². The molecule has 42 heavy (non-hydrogen) atoms. The van der Waals surface area contributed by atoms with E-state index < -0.39 is 6.04 Å². The van der Waals surface area contributed by atoms with Crippen LogP contribution in [0.1, 0.15) is 77.5 Å². The summed E-state index contributed by atoms with van der Waals surface area (Å²) in [6, 6.07) is 14.2. The van der Waals surface area contributed by atoms with E-state index in [0.717, 1.165) is 41.5 Å². The molecule has 1 unspecified atom stereocenters. The SMILES string of the molecule is CCCCCOc1ccc(C2c3c(oc4cc(C)c(C)cc4c3=O)C(=O)N2Cc2ccc3c(c2)OCO3)cc1OCC. The van der Waals surface area contributed by atoms with Gasteiger partial charge in [0.25, 0.3) is 5.91 Å². The highest BCUT2D eigenvalue weighted by Crippen LogP contribution is 2.43. The Hall–Kier alpha value is -4.46. The van der Waals surface area contributed by atoms with Gasteiger partial charge >= 0.3 is 0 Å². The largest absolute Gasteiger partial charge is 0.490 e. The quantitative estimate of drug-likeness (QED) is 0.193. The van der Waals surface area contributed by atoms with E-state index in [1.165, 1.54) is 0 Å². The van der Waals surface area contributed by atoms with Gasteiger partial charge in [-0.1, -0.05) is 31.9 Å². The van der Waals surface area contributed by atoms with Crippen LogP contribution in [0.3, 0.4) is 0 Å². The summed E-state index contributed by atoms with van der Waals surface area (Å²) in [6.07, 6.45) is 3.14. The third kappa shape index (κ3) is 4.95. The molecule has 0 fully saturated rings. The van der Waals surface area contributed by atoms with Gasteiger partial charge in [-0.2, -0.15) is 0 Å². The molecule has 0 aliphatic carbocycles. The van der Waals surface area contributed by atoms with Crippen molar-refractivity contribution < 1.29 is 28.2 Å². The molecule has 0 radical (unpaired) electrons. The van der Waals surface area contributed by atoms with Gasteiger partial charge in [-0.3, -0.25) is 9.59 Å². The van der Waals surface area contributed by atoms with Gasteiger partial charge < -0.3 is 28.3 Å². The molecular weight excluding hydrogens is 534 g/mol. The van der Waals surface area contributed by atoms with Gasteiger partial charge in [-0.05, 0) is 85.8 Å². The monoisotopic (exact) mass is 569 g/mol. The zero-order chi connectivity index (χ0) is 29.4. The molecule has 8 heteroatoms. The highest BCUT2D eigenvalue weighted by molar-refractivity contribution is 5.99. The average Bonchev–Trinajstić information content (AvgIpc) is 3.55. The van der Waals surface area contributed by atoms with Gasteiger partial charge in [-0.15, -0.1) is 0 Å². The van der Waals surface area contributed by atoms with E-state index in [-0.39, 0.29) is 30.4 Å². The van der Waals surface area contributed by atoms with E-state index in [2.05, 4.69) is 6.92 Å². The summed E-state index contributed by atoms with van der Waals surface area (Å²) < 4.78 is 29.3. The predicted molar refractivity (Wildman–Crippen MR) is 159 cm³/mol. The number of amides is 1. The fourth-order valence-corrected chi connectivity index (χ4v) is 5.64. The minimum absolute atomic E-state index is 0.0688. The van der Waals surface area contributed by atoms with Crippen LogP contribution in [0.4, 0.5) is 0 Å². The summed E-state index contributed by atoms with van der Waals surface area (Å²) in [4.78, 5) is 29.8. The molecular formula is C34H35NO7. The van der Waals surface area contributed by atoms with Crippen molar-refractivity contribution in [1.29, 1.82) is 0 Å². The molecule has 0 spiro atoms. The lowest BCUT2D eigenvalue weighted by molar-refractivity contribution is 0.0714. The predicted octanol–water partition coefficient (Wildman–Crippen LogP) is 6.85. The van der Waals surface area contributed by atoms with Crippen molar-refractivity contribution in [1.82, 2.24) is 4.90 Å². The van der Waals surface area contributed by atoms with Crippen molar-refractivity contribution in [2.75, 3.05) is 20.0 Å². The summed E-state index contributed by atoms with van der Waals surface area (Å²) in [5, 5.41) is 0.459. The number of fused-ring (bicyclic) bond motifs is 3. The minimum Gasteiger partial charge on any atom is -0.490 e. The zero-order valence-corrected chi connectivity index (χ0v) is 24.5. The van der Waals surface area contributed by atoms with Crippen molar-refractivity contribution >= 4 is 16.9 Å². The number of rotatable bonds is 10. The van der Waals surface area contributed by atoms with Crippen LogP contribution < -0.4 is 24.4 Å². The summed E-state index contributed by atoms with van der Waals surface area (Å²) in [5.74, 6) is 2.23. The maximum Gasteiger partial charge on any atom is 0.291 e. The van der Waals surface area contributed by atoms with E-state index >= 15 is 0 Å². The topological polar surface area (TPSA) is 87.4 Å². The van der Waals surface area contributed by atoms with Crippen LogP contribution >= 0.6 is 0 Å². The molecule has 218 valence electrons. The second-order valence-corrected chi connectivity index (χ2v) is 10.8. The molecule has 0 saturated heterocycles. The Balaban J connectivity index is 1.47. The van der Waals surface area contributed by atoms with Gasteiger partial charge in [0.2, 0.25) is 12.6 Å². The van der Waals surface area contributed by atoms with E-state index in [1.54, 1.807) is 4.90 Å². The molecule has 1 aromatic heterocycles. The average molecular weight is 570 g/mol. The number of benzene rings is 3. The standard InChI is InChI=1S/C34H35NO7/c1-5-7-8-13-39-25-12-10-23(17-29(25)38-6-2)31-30-32(36)24-14-20(3)21(4)15-27(24)42-33(30)34(37)35(31)18-22-9-11-26-28(16-22)41-19-40-26/h9-12,14-17,31H,5-8,13,18-19H2,1-4H3. The number of unbranched alkanes of at least 4 members (excludes halogenated alkanes) is 2. The lowest BCUT2D eigenvalue weighted by Gasteiger charge is -2.26. The normalized spacial score (nSPS) is 15.4. The van der Waals surface area contributed by atoms with E-state index in [9.17, 15) is 9.59 Å². The van der Waals surface area contributed by atoms with Crippen molar-refractivity contribution in [3.05, 3.63) is 92.3 Å². The van der Waals surface area contributed by atoms with Crippen LogP contribution in [0, 0.1) is 13.8 Å². The Bertz CT molecular complexity index is 1720. The third-order valence-electron chi connectivity index (χ3n) is 7.96. The Morgan fingerprint density at radius 2 is 1.69 bits per heavy atom. The molecule has 3 heterocycles. The second-order valence-electron chi connectivity index (χ2n) is 10.8. The van der Waals surface area contributed by atoms with Crippen molar-refractivity contribution in [2.24, 2.45) is 0 Å². The van der Waals surface area contributed by atoms with Crippen molar-refractivity contribution in [3.63, 3.8) is 0 Å². The number of nitrogens with zero attached hydrogens (tertiary/aromatic N) is 1. The summed E-state index contributed by atoms with van der Waals surface area (Å²) >= 11 is 0. The van der Waals surface area contributed by atoms with Crippen LogP contribution in [-0.4, -0.2) is 30.8 Å². The number of ether oxygens (including phenoxy) is 4. The number of hydrogen-bond donors (Lipinski definition) is 0. The van der Waals surface area contributed by atoms with Crippen LogP contribution in [0.2, 0.25) is 0 Å². The van der Waals surface area contributed by atoms with Crippen molar-refractivity contribution in [3.8, 4) is 23.0 Å². The third-order valence-corrected chi connectivity index (χ3v) is 7.96. The Labute approximate surface area is 244 Å². The molecule has 2 aliphatic heterocycles. The lowest BCUT2D eigenvalue weighted by Crippen LogP contribution is -2.29. The lowest BCUT2D eigenvalue weighted by atomic mass is 9.97. The molecule has 1 amide bonds. The van der Waals surface area contributed by atoms with Crippen LogP contribution in [0.15, 0.2) is 57.7 Å². The fraction of sp³-hybridized carbons (Fsp3) is 0.353. The highest BCUT2D eigenvalue weighted by Gasteiger charge is 2.43. The number of hydrogen-bond acceptors (Lipinski definition) is 7. The smallest absolute Gasteiger partial charge is 0.291 e. The molecule has 0 saturated carbocycles. The summed E-state index contributed by atoms with van der Waals surface area (Å²) in [5.41, 5.74) is 4.08. The number of carbonyl (C=O) groups is 1. The molecule has 3 aromatic carbocycles. The van der Waals surface area contributed by atoms with Gasteiger partial charge in [0.05, 0.1) is 30.2 Å². The zero-order valence-electron chi connectivity index (χ0n) is 24.5. The summed E-state index contributed by atoms with van der Waals surface area (Å²) in [7, 11) is 0. The molecule has 6 rings (SSSR count). The Kier molecular flexibility index (Phi) is 7.54. The van der Waals surface area contributed by atoms with E-state index in [4.69, 9.17) is 23.4 Å². The maximum atomic E-state index is 14.1. The van der Waals surface area contributed by atoms with E-state index in [1.807, 2.05) is 69.3 Å². The van der Waals surface area contributed by atoms with E-state index in [0.29, 0.717) is 52.7 Å². The Morgan fingerprint density at radius 1 is 0.881 bits per heavy atom. The summed E-state index contributed by atoms with van der Waals surface area (Å²) in [6.45, 7) is 9.41. The van der Waals surface area contributed by atoms with Gasteiger partial charge in [0.15, 0.2) is 28.4 Å². The molecule has 0 N–H and O–H groups in total. The van der Waals surface area contributed by atoms with Gasteiger partial charge in [0.1, 0.15) is 5.58 Å². The second kappa shape index (κ2) is 11.4. The highest BCUT2D eigenvalue weighted by atomic mass is 16.7. The minimum atomic E-state index is -0.687.